The van der Waals surface area contributed by atoms with Crippen LogP contribution < -0.4 is 4.74 Å². The van der Waals surface area contributed by atoms with Gasteiger partial charge >= 0.3 is 11.9 Å². The first kappa shape index (κ1) is 13.7. The minimum absolute atomic E-state index is 0.0221. The summed E-state index contributed by atoms with van der Waals surface area (Å²) in [6.45, 7) is -0.520. The number of carboxylic acid groups (broad SMARTS) is 2. The molecule has 0 radical (unpaired) electrons. The third-order valence-electron chi connectivity index (χ3n) is 1.78. The molecule has 1 heterocycles. The van der Waals surface area contributed by atoms with Gasteiger partial charge in [0.25, 0.3) is 0 Å². The molecule has 0 bridgehead atoms. The van der Waals surface area contributed by atoms with Crippen molar-refractivity contribution in [2.24, 2.45) is 5.92 Å². The van der Waals surface area contributed by atoms with Gasteiger partial charge < -0.3 is 14.9 Å². The normalized spacial score (nSPS) is 10.3. The summed E-state index contributed by atoms with van der Waals surface area (Å²) >= 11 is 8.79. The number of pyridine rings is 1. The predicted octanol–water partition coefficient (Wildman–Crippen LogP) is 1.66. The van der Waals surface area contributed by atoms with E-state index in [9.17, 15) is 9.59 Å². The predicted molar refractivity (Wildman–Crippen MR) is 61.2 cm³/mol. The molecule has 0 aliphatic rings. The number of rotatable bonds is 5. The third-order valence-corrected chi connectivity index (χ3v) is 2.49. The maximum Gasteiger partial charge on any atom is 0.321 e. The summed E-state index contributed by atoms with van der Waals surface area (Å²) in [6, 6.07) is 3.00. The Balaban J connectivity index is 2.72. The van der Waals surface area contributed by atoms with E-state index in [1.54, 1.807) is 0 Å². The Bertz CT molecular complexity index is 439. The van der Waals surface area contributed by atoms with Crippen molar-refractivity contribution in [1.29, 1.82) is 0 Å². The zero-order valence-corrected chi connectivity index (χ0v) is 10.6. The molecule has 6 nitrogen and oxygen atoms in total. The molecule has 0 aliphatic carbocycles. The third kappa shape index (κ3) is 3.86. The van der Waals surface area contributed by atoms with E-state index < -0.39 is 24.5 Å². The van der Waals surface area contributed by atoms with E-state index in [2.05, 4.69) is 20.9 Å². The van der Waals surface area contributed by atoms with Gasteiger partial charge in [-0.25, -0.2) is 4.98 Å². The molecule has 0 amide bonds. The number of nitrogens with zero attached hydrogens (tertiary/aromatic N) is 1. The SMILES string of the molecule is O=C(O)C(COc1ccc(Br)nc1Cl)C(=O)O. The number of carbonyl (C=O) groups is 2. The van der Waals surface area contributed by atoms with Crippen molar-refractivity contribution in [1.82, 2.24) is 4.98 Å². The summed E-state index contributed by atoms with van der Waals surface area (Å²) in [4.78, 5) is 25.0. The zero-order valence-electron chi connectivity index (χ0n) is 8.26. The average molecular weight is 325 g/mol. The van der Waals surface area contributed by atoms with Crippen LogP contribution in [0.1, 0.15) is 0 Å². The lowest BCUT2D eigenvalue weighted by molar-refractivity contribution is -0.155. The Morgan fingerprint density at radius 1 is 1.41 bits per heavy atom. The minimum Gasteiger partial charge on any atom is -0.489 e. The Morgan fingerprint density at radius 3 is 2.47 bits per heavy atom. The lowest BCUT2D eigenvalue weighted by atomic mass is 10.2. The number of carboxylic acids is 2. The number of hydrogen-bond acceptors (Lipinski definition) is 4. The monoisotopic (exact) mass is 323 g/mol. The smallest absolute Gasteiger partial charge is 0.321 e. The summed E-state index contributed by atoms with van der Waals surface area (Å²) in [7, 11) is 0. The molecule has 0 spiro atoms. The van der Waals surface area contributed by atoms with Crippen molar-refractivity contribution in [3.63, 3.8) is 0 Å². The van der Waals surface area contributed by atoms with E-state index in [0.29, 0.717) is 4.60 Å². The summed E-state index contributed by atoms with van der Waals surface area (Å²) < 4.78 is 5.49. The summed E-state index contributed by atoms with van der Waals surface area (Å²) in [5.74, 6) is -4.46. The lowest BCUT2D eigenvalue weighted by Gasteiger charge is -2.10. The van der Waals surface area contributed by atoms with Gasteiger partial charge in [-0.05, 0) is 28.1 Å². The highest BCUT2D eigenvalue weighted by Crippen LogP contribution is 2.24. The van der Waals surface area contributed by atoms with E-state index in [0.717, 1.165) is 0 Å². The van der Waals surface area contributed by atoms with E-state index in [1.807, 2.05) is 0 Å². The second kappa shape index (κ2) is 5.83. The van der Waals surface area contributed by atoms with Crippen molar-refractivity contribution in [3.05, 3.63) is 21.9 Å². The molecule has 92 valence electrons. The fraction of sp³-hybridized carbons (Fsp3) is 0.222. The molecule has 0 saturated heterocycles. The Labute approximate surface area is 109 Å². The maximum atomic E-state index is 10.6. The number of aromatic nitrogens is 1. The molecule has 8 heteroatoms. The van der Waals surface area contributed by atoms with Crippen LogP contribution in [0.25, 0.3) is 0 Å². The second-order valence-corrected chi connectivity index (χ2v) is 4.13. The Hall–Kier alpha value is -1.34. The fourth-order valence-electron chi connectivity index (χ4n) is 0.928. The van der Waals surface area contributed by atoms with Crippen molar-refractivity contribution >= 4 is 39.5 Å². The molecule has 1 rings (SSSR count). The van der Waals surface area contributed by atoms with E-state index >= 15 is 0 Å². The van der Waals surface area contributed by atoms with Crippen LogP contribution >= 0.6 is 27.5 Å². The zero-order chi connectivity index (χ0) is 13.0. The first-order chi connectivity index (χ1) is 7.91. The van der Waals surface area contributed by atoms with Gasteiger partial charge in [0.1, 0.15) is 11.2 Å². The molecular formula is C9H7BrClNO5. The van der Waals surface area contributed by atoms with Crippen LogP contribution in [0.2, 0.25) is 5.15 Å². The minimum atomic E-state index is -1.64. The van der Waals surface area contributed by atoms with Crippen LogP contribution in [0, 0.1) is 5.92 Å². The highest BCUT2D eigenvalue weighted by atomic mass is 79.9. The largest absolute Gasteiger partial charge is 0.489 e. The molecule has 0 fully saturated rings. The van der Waals surface area contributed by atoms with Crippen molar-refractivity contribution < 1.29 is 24.5 Å². The highest BCUT2D eigenvalue weighted by molar-refractivity contribution is 9.10. The van der Waals surface area contributed by atoms with Crippen LogP contribution in [0.15, 0.2) is 16.7 Å². The van der Waals surface area contributed by atoms with Crippen molar-refractivity contribution in [3.8, 4) is 5.75 Å². The van der Waals surface area contributed by atoms with Gasteiger partial charge in [0.2, 0.25) is 0 Å². The van der Waals surface area contributed by atoms with Crippen LogP contribution in [0.3, 0.4) is 0 Å². The fourth-order valence-corrected chi connectivity index (χ4v) is 1.55. The molecule has 1 aromatic heterocycles. The van der Waals surface area contributed by atoms with Crippen LogP contribution in [0.5, 0.6) is 5.75 Å². The van der Waals surface area contributed by atoms with E-state index in [-0.39, 0.29) is 10.9 Å². The summed E-state index contributed by atoms with van der Waals surface area (Å²) in [5.41, 5.74) is 0. The molecule has 2 N–H and O–H groups in total. The van der Waals surface area contributed by atoms with Crippen LogP contribution in [-0.4, -0.2) is 33.7 Å². The first-order valence-electron chi connectivity index (χ1n) is 4.32. The van der Waals surface area contributed by atoms with Gasteiger partial charge in [0.15, 0.2) is 16.8 Å². The van der Waals surface area contributed by atoms with Gasteiger partial charge in [0.05, 0.1) is 0 Å². The number of halogens is 2. The lowest BCUT2D eigenvalue weighted by Crippen LogP contribution is -2.29. The van der Waals surface area contributed by atoms with Gasteiger partial charge in [0, 0.05) is 0 Å². The molecule has 1 aromatic rings. The van der Waals surface area contributed by atoms with Gasteiger partial charge in [-0.1, -0.05) is 11.6 Å². The summed E-state index contributed by atoms with van der Waals surface area (Å²) in [6.07, 6.45) is 0. The van der Waals surface area contributed by atoms with Crippen LogP contribution in [-0.2, 0) is 9.59 Å². The molecule has 0 unspecified atom stereocenters. The van der Waals surface area contributed by atoms with Crippen LogP contribution in [0.4, 0.5) is 0 Å². The number of hydrogen-bond donors (Lipinski definition) is 2. The number of aliphatic carboxylic acids is 2. The Morgan fingerprint density at radius 2 is 2.00 bits per heavy atom. The highest BCUT2D eigenvalue weighted by Gasteiger charge is 2.26. The standard InChI is InChI=1S/C9H7BrClNO5/c10-6-2-1-5(7(11)12-6)17-3-4(8(13)14)9(15)16/h1-2,4H,3H2,(H,13,14)(H,15,16). The first-order valence-corrected chi connectivity index (χ1v) is 5.49. The average Bonchev–Trinajstić information content (AvgIpc) is 2.20. The maximum absolute atomic E-state index is 10.6. The molecule has 0 saturated carbocycles. The van der Waals surface area contributed by atoms with E-state index in [4.69, 9.17) is 26.6 Å². The Kier molecular flexibility index (Phi) is 4.71. The molecular weight excluding hydrogens is 317 g/mol. The summed E-state index contributed by atoms with van der Waals surface area (Å²) in [5, 5.41) is 17.3. The molecule has 0 aliphatic heterocycles. The second-order valence-electron chi connectivity index (χ2n) is 2.96. The van der Waals surface area contributed by atoms with Gasteiger partial charge in [-0.15, -0.1) is 0 Å². The molecule has 0 aromatic carbocycles. The van der Waals surface area contributed by atoms with Crippen molar-refractivity contribution in [2.45, 2.75) is 0 Å². The quantitative estimate of drug-likeness (QED) is 0.631. The van der Waals surface area contributed by atoms with Gasteiger partial charge in [-0.3, -0.25) is 9.59 Å². The van der Waals surface area contributed by atoms with Gasteiger partial charge in [-0.2, -0.15) is 0 Å². The topological polar surface area (TPSA) is 96.7 Å². The molecule has 17 heavy (non-hydrogen) atoms. The van der Waals surface area contributed by atoms with Crippen molar-refractivity contribution in [2.75, 3.05) is 6.61 Å². The number of ether oxygens (including phenoxy) is 1. The van der Waals surface area contributed by atoms with E-state index in [1.165, 1.54) is 12.1 Å². The molecule has 0 atom stereocenters.